The monoisotopic (exact) mass is 605 g/mol. The second kappa shape index (κ2) is 14.1. The lowest BCUT2D eigenvalue weighted by Gasteiger charge is -2.12. The number of benzene rings is 4. The minimum Gasteiger partial charge on any atom is -0.493 e. The zero-order valence-corrected chi connectivity index (χ0v) is 25.3. The molecule has 0 bridgehead atoms. The first kappa shape index (κ1) is 30.0. The number of anilines is 3. The number of nitrogens with zero attached hydrogens (tertiary/aromatic N) is 2. The number of hydrogen-bond acceptors (Lipinski definition) is 8. The Labute approximate surface area is 259 Å². The van der Waals surface area contributed by atoms with Crippen LogP contribution in [0.4, 0.5) is 16.5 Å². The van der Waals surface area contributed by atoms with Gasteiger partial charge in [-0.2, -0.15) is 5.10 Å². The number of ether oxygens (including phenoxy) is 2. The van der Waals surface area contributed by atoms with Gasteiger partial charge in [0, 0.05) is 27.9 Å². The van der Waals surface area contributed by atoms with Crippen LogP contribution in [-0.4, -0.2) is 36.7 Å². The highest BCUT2D eigenvalue weighted by Crippen LogP contribution is 2.29. The van der Waals surface area contributed by atoms with Crippen molar-refractivity contribution in [2.75, 3.05) is 24.4 Å². The third kappa shape index (κ3) is 7.87. The molecule has 9 nitrogen and oxygen atoms in total. The lowest BCUT2D eigenvalue weighted by molar-refractivity contribution is -0.118. The molecule has 0 spiro atoms. The molecule has 4 aromatic carbocycles. The SMILES string of the molecule is COc1cc(/C=N/NC(=O)c2ccc(-c3csc(Nc4ccccc4)n3)cc2)ccc1OCC(=O)Nc1ccc(C)cc1C. The van der Waals surface area contributed by atoms with E-state index in [0.717, 1.165) is 38.9 Å². The lowest BCUT2D eigenvalue weighted by atomic mass is 10.1. The van der Waals surface area contributed by atoms with Crippen LogP contribution in [0.5, 0.6) is 11.5 Å². The van der Waals surface area contributed by atoms with Crippen LogP contribution in [-0.2, 0) is 4.79 Å². The summed E-state index contributed by atoms with van der Waals surface area (Å²) in [5, 5.41) is 13.0. The molecule has 1 heterocycles. The van der Waals surface area contributed by atoms with E-state index in [0.29, 0.717) is 22.6 Å². The van der Waals surface area contributed by atoms with E-state index in [1.807, 2.05) is 79.9 Å². The zero-order valence-electron chi connectivity index (χ0n) is 24.5. The molecular formula is C34H31N5O4S. The van der Waals surface area contributed by atoms with Gasteiger partial charge in [0.1, 0.15) is 0 Å². The van der Waals surface area contributed by atoms with Gasteiger partial charge in [-0.1, -0.05) is 48.0 Å². The zero-order chi connectivity index (χ0) is 30.9. The molecule has 222 valence electrons. The number of methoxy groups -OCH3 is 1. The molecular weight excluding hydrogens is 574 g/mol. The second-order valence-corrected chi connectivity index (χ2v) is 10.7. The lowest BCUT2D eigenvalue weighted by Crippen LogP contribution is -2.20. The van der Waals surface area contributed by atoms with Crippen molar-refractivity contribution >= 4 is 45.9 Å². The standard InChI is InChI=1S/C34H31N5O4S/c1-22-9-15-28(23(2)17-22)37-32(40)20-43-30-16-10-24(18-31(30)42-3)19-35-39-33(41)26-13-11-25(12-14-26)29-21-44-34(38-29)36-27-7-5-4-6-8-27/h4-19,21H,20H2,1-3H3,(H,36,38)(H,37,40)(H,39,41)/b35-19+. The minimum absolute atomic E-state index is 0.180. The van der Waals surface area contributed by atoms with Crippen LogP contribution in [0.2, 0.25) is 0 Å². The van der Waals surface area contributed by atoms with Crippen molar-refractivity contribution in [2.24, 2.45) is 5.10 Å². The van der Waals surface area contributed by atoms with E-state index in [-0.39, 0.29) is 18.4 Å². The molecule has 0 unspecified atom stereocenters. The van der Waals surface area contributed by atoms with Gasteiger partial charge in [0.15, 0.2) is 23.2 Å². The highest BCUT2D eigenvalue weighted by molar-refractivity contribution is 7.14. The van der Waals surface area contributed by atoms with Crippen molar-refractivity contribution in [3.8, 4) is 22.8 Å². The topological polar surface area (TPSA) is 114 Å². The van der Waals surface area contributed by atoms with E-state index in [1.54, 1.807) is 30.3 Å². The highest BCUT2D eigenvalue weighted by Gasteiger charge is 2.11. The maximum Gasteiger partial charge on any atom is 0.271 e. The molecule has 0 aliphatic carbocycles. The van der Waals surface area contributed by atoms with Crippen LogP contribution in [0.25, 0.3) is 11.3 Å². The molecule has 2 amide bonds. The molecule has 5 aromatic rings. The Kier molecular flexibility index (Phi) is 9.63. The molecule has 0 saturated carbocycles. The quantitative estimate of drug-likeness (QED) is 0.111. The van der Waals surface area contributed by atoms with Crippen LogP contribution in [0.15, 0.2) is 101 Å². The number of aryl methyl sites for hydroxylation is 2. The predicted molar refractivity (Wildman–Crippen MR) is 175 cm³/mol. The third-order valence-corrected chi connectivity index (χ3v) is 7.31. The number of hydrogen-bond donors (Lipinski definition) is 3. The summed E-state index contributed by atoms with van der Waals surface area (Å²) in [6, 6.07) is 28.0. The summed E-state index contributed by atoms with van der Waals surface area (Å²) in [4.78, 5) is 29.7. The maximum atomic E-state index is 12.7. The summed E-state index contributed by atoms with van der Waals surface area (Å²) >= 11 is 1.51. The predicted octanol–water partition coefficient (Wildman–Crippen LogP) is 6.96. The molecule has 0 fully saturated rings. The molecule has 44 heavy (non-hydrogen) atoms. The van der Waals surface area contributed by atoms with Gasteiger partial charge in [0.2, 0.25) is 0 Å². The fourth-order valence-electron chi connectivity index (χ4n) is 4.30. The molecule has 1 aromatic heterocycles. The average molecular weight is 606 g/mol. The number of carbonyl (C=O) groups excluding carboxylic acids is 2. The van der Waals surface area contributed by atoms with Gasteiger partial charge in [-0.15, -0.1) is 11.3 Å². The Bertz CT molecular complexity index is 1790. The summed E-state index contributed by atoms with van der Waals surface area (Å²) < 4.78 is 11.1. The molecule has 5 rings (SSSR count). The van der Waals surface area contributed by atoms with E-state index in [9.17, 15) is 9.59 Å². The van der Waals surface area contributed by atoms with E-state index in [4.69, 9.17) is 9.47 Å². The molecule has 0 aliphatic rings. The summed E-state index contributed by atoms with van der Waals surface area (Å²) in [7, 11) is 1.51. The van der Waals surface area contributed by atoms with Gasteiger partial charge in [-0.3, -0.25) is 9.59 Å². The first-order valence-electron chi connectivity index (χ1n) is 13.8. The Morgan fingerprint density at radius 1 is 0.932 bits per heavy atom. The Hall–Kier alpha value is -5.48. The summed E-state index contributed by atoms with van der Waals surface area (Å²) in [5.74, 6) is 0.211. The molecule has 0 saturated heterocycles. The van der Waals surface area contributed by atoms with E-state index in [2.05, 4.69) is 26.1 Å². The second-order valence-electron chi connectivity index (χ2n) is 9.87. The number of aromatic nitrogens is 1. The van der Waals surface area contributed by atoms with Crippen molar-refractivity contribution in [2.45, 2.75) is 13.8 Å². The van der Waals surface area contributed by atoms with E-state index < -0.39 is 0 Å². The van der Waals surface area contributed by atoms with Gasteiger partial charge in [-0.25, -0.2) is 10.4 Å². The van der Waals surface area contributed by atoms with Gasteiger partial charge >= 0.3 is 0 Å². The number of thiazole rings is 1. The molecule has 3 N–H and O–H groups in total. The van der Waals surface area contributed by atoms with E-state index in [1.165, 1.54) is 24.7 Å². The molecule has 0 aliphatic heterocycles. The van der Waals surface area contributed by atoms with Gasteiger partial charge in [0.25, 0.3) is 11.8 Å². The molecule has 10 heteroatoms. The van der Waals surface area contributed by atoms with Gasteiger partial charge in [0.05, 0.1) is 19.0 Å². The Balaban J connectivity index is 1.13. The van der Waals surface area contributed by atoms with Crippen LogP contribution >= 0.6 is 11.3 Å². The molecule has 0 radical (unpaired) electrons. The first-order chi connectivity index (χ1) is 21.4. The van der Waals surface area contributed by atoms with Crippen LogP contribution in [0.3, 0.4) is 0 Å². The number of carbonyl (C=O) groups is 2. The van der Waals surface area contributed by atoms with Gasteiger partial charge < -0.3 is 20.1 Å². The van der Waals surface area contributed by atoms with Crippen molar-refractivity contribution in [1.82, 2.24) is 10.4 Å². The minimum atomic E-state index is -0.348. The normalized spacial score (nSPS) is 10.8. The highest BCUT2D eigenvalue weighted by atomic mass is 32.1. The van der Waals surface area contributed by atoms with Crippen LogP contribution < -0.4 is 25.5 Å². The maximum absolute atomic E-state index is 12.7. The fraction of sp³-hybridized carbons (Fsp3) is 0.118. The summed E-state index contributed by atoms with van der Waals surface area (Å²) in [6.07, 6.45) is 1.50. The fourth-order valence-corrected chi connectivity index (χ4v) is 5.04. The van der Waals surface area contributed by atoms with Crippen molar-refractivity contribution in [3.05, 3.63) is 119 Å². The largest absolute Gasteiger partial charge is 0.493 e. The van der Waals surface area contributed by atoms with Crippen molar-refractivity contribution < 1.29 is 19.1 Å². The number of nitrogens with one attached hydrogen (secondary N) is 3. The number of amides is 2. The number of hydrazone groups is 1. The summed E-state index contributed by atoms with van der Waals surface area (Å²) in [5.41, 5.74) is 9.21. The number of para-hydroxylation sites is 1. The van der Waals surface area contributed by atoms with Crippen molar-refractivity contribution in [3.63, 3.8) is 0 Å². The first-order valence-corrected chi connectivity index (χ1v) is 14.7. The average Bonchev–Trinajstić information content (AvgIpc) is 3.50. The number of rotatable bonds is 11. The Morgan fingerprint density at radius 3 is 2.48 bits per heavy atom. The third-order valence-electron chi connectivity index (χ3n) is 6.55. The molecule has 0 atom stereocenters. The smallest absolute Gasteiger partial charge is 0.271 e. The van der Waals surface area contributed by atoms with Crippen LogP contribution in [0, 0.1) is 13.8 Å². The van der Waals surface area contributed by atoms with Gasteiger partial charge in [-0.05, 0) is 73.5 Å². The summed E-state index contributed by atoms with van der Waals surface area (Å²) in [6.45, 7) is 3.76. The van der Waals surface area contributed by atoms with Crippen LogP contribution in [0.1, 0.15) is 27.0 Å². The Morgan fingerprint density at radius 2 is 1.73 bits per heavy atom. The van der Waals surface area contributed by atoms with Crippen molar-refractivity contribution in [1.29, 1.82) is 0 Å². The van der Waals surface area contributed by atoms with E-state index >= 15 is 0 Å².